The van der Waals surface area contributed by atoms with E-state index in [0.717, 1.165) is 17.1 Å². The second kappa shape index (κ2) is 3.68. The van der Waals surface area contributed by atoms with Crippen LogP contribution in [0, 0.1) is 0 Å². The summed E-state index contributed by atoms with van der Waals surface area (Å²) in [6, 6.07) is 8.25. The number of hydrogen-bond donors (Lipinski definition) is 0. The van der Waals surface area contributed by atoms with E-state index in [2.05, 4.69) is 27.3 Å². The predicted octanol–water partition coefficient (Wildman–Crippen LogP) is 2.57. The Morgan fingerprint density at radius 1 is 1.28 bits per heavy atom. The maximum atomic E-state index is 5.85. The third-order valence-electron chi connectivity index (χ3n) is 3.31. The molecule has 5 nitrogen and oxygen atoms in total. The minimum Gasteiger partial charge on any atom is -0.349 e. The van der Waals surface area contributed by atoms with E-state index in [0.29, 0.717) is 13.3 Å². The van der Waals surface area contributed by atoms with Crippen molar-refractivity contribution < 1.29 is 4.74 Å². The first-order valence-corrected chi connectivity index (χ1v) is 5.95. The molecule has 1 atom stereocenters. The highest BCUT2D eigenvalue weighted by molar-refractivity contribution is 5.60. The monoisotopic (exact) mass is 240 g/mol. The summed E-state index contributed by atoms with van der Waals surface area (Å²) in [5.41, 5.74) is 2.27. The van der Waals surface area contributed by atoms with Crippen LogP contribution >= 0.6 is 0 Å². The topological polar surface area (TPSA) is 40.4 Å². The molecule has 18 heavy (non-hydrogen) atoms. The molecular weight excluding hydrogens is 228 g/mol. The molecule has 0 radical (unpaired) electrons. The van der Waals surface area contributed by atoms with Gasteiger partial charge < -0.3 is 14.5 Å². The molecule has 1 aromatic rings. The lowest BCUT2D eigenvalue weighted by molar-refractivity contribution is -0.0161. The number of benzene rings is 1. The summed E-state index contributed by atoms with van der Waals surface area (Å²) in [6.45, 7) is 1.22. The minimum absolute atomic E-state index is 0.0699. The van der Waals surface area contributed by atoms with E-state index >= 15 is 0 Å². The molecular formula is C13H12N4O. The molecule has 0 aliphatic carbocycles. The maximum absolute atomic E-state index is 5.85. The SMILES string of the molecule is C1=CN2C=C3N=NCN3c3ccccc3C2OC1. The van der Waals surface area contributed by atoms with Crippen LogP contribution in [0.1, 0.15) is 11.8 Å². The molecule has 3 aliphatic heterocycles. The quantitative estimate of drug-likeness (QED) is 0.699. The Morgan fingerprint density at radius 3 is 3.22 bits per heavy atom. The van der Waals surface area contributed by atoms with E-state index < -0.39 is 0 Å². The molecule has 0 bridgehead atoms. The molecule has 0 N–H and O–H groups in total. The van der Waals surface area contributed by atoms with Crippen molar-refractivity contribution in [2.45, 2.75) is 6.23 Å². The molecule has 4 rings (SSSR count). The van der Waals surface area contributed by atoms with Crippen molar-refractivity contribution >= 4 is 5.69 Å². The second-order valence-corrected chi connectivity index (χ2v) is 4.37. The first-order valence-electron chi connectivity index (χ1n) is 5.95. The summed E-state index contributed by atoms with van der Waals surface area (Å²) in [4.78, 5) is 4.15. The van der Waals surface area contributed by atoms with Gasteiger partial charge in [-0.15, -0.1) is 5.11 Å². The smallest absolute Gasteiger partial charge is 0.173 e. The van der Waals surface area contributed by atoms with Crippen LogP contribution < -0.4 is 4.90 Å². The fraction of sp³-hybridized carbons (Fsp3) is 0.231. The van der Waals surface area contributed by atoms with Gasteiger partial charge in [0, 0.05) is 11.8 Å². The van der Waals surface area contributed by atoms with Crippen LogP contribution in [-0.2, 0) is 4.74 Å². The average Bonchev–Trinajstić information content (AvgIpc) is 2.83. The maximum Gasteiger partial charge on any atom is 0.173 e. The Bertz CT molecular complexity index is 578. The van der Waals surface area contributed by atoms with Gasteiger partial charge in [0.1, 0.15) is 6.67 Å². The minimum atomic E-state index is -0.0699. The van der Waals surface area contributed by atoms with E-state index in [1.807, 2.05) is 35.5 Å². The number of rotatable bonds is 0. The summed E-state index contributed by atoms with van der Waals surface area (Å²) in [7, 11) is 0. The molecule has 3 heterocycles. The van der Waals surface area contributed by atoms with Crippen molar-refractivity contribution in [3.05, 3.63) is 54.1 Å². The largest absolute Gasteiger partial charge is 0.349 e. The standard InChI is InChI=1S/C13H12N4O/c1-2-5-11-10(4-1)13-16(6-3-7-18-13)8-12-15-14-9-17(11)12/h1-6,8,13H,7,9H2. The van der Waals surface area contributed by atoms with Gasteiger partial charge in [0.25, 0.3) is 0 Å². The molecule has 0 amide bonds. The van der Waals surface area contributed by atoms with E-state index in [9.17, 15) is 0 Å². The third-order valence-corrected chi connectivity index (χ3v) is 3.31. The number of fused-ring (bicyclic) bond motifs is 5. The van der Waals surface area contributed by atoms with Crippen molar-refractivity contribution in [1.82, 2.24) is 4.90 Å². The highest BCUT2D eigenvalue weighted by Gasteiger charge is 2.31. The van der Waals surface area contributed by atoms with Crippen molar-refractivity contribution in [3.63, 3.8) is 0 Å². The van der Waals surface area contributed by atoms with Crippen LogP contribution in [0.3, 0.4) is 0 Å². The Kier molecular flexibility index (Phi) is 2.01. The van der Waals surface area contributed by atoms with Crippen molar-refractivity contribution in [2.75, 3.05) is 18.2 Å². The number of azo groups is 1. The molecule has 1 unspecified atom stereocenters. The summed E-state index contributed by atoms with van der Waals surface area (Å²) < 4.78 is 5.85. The van der Waals surface area contributed by atoms with Crippen molar-refractivity contribution in [1.29, 1.82) is 0 Å². The van der Waals surface area contributed by atoms with E-state index in [1.165, 1.54) is 0 Å². The van der Waals surface area contributed by atoms with E-state index in [4.69, 9.17) is 4.74 Å². The van der Waals surface area contributed by atoms with Crippen LogP contribution in [0.5, 0.6) is 0 Å². The summed E-state index contributed by atoms with van der Waals surface area (Å²) >= 11 is 0. The zero-order valence-electron chi connectivity index (χ0n) is 9.73. The zero-order chi connectivity index (χ0) is 11.9. The highest BCUT2D eigenvalue weighted by atomic mass is 16.5. The van der Waals surface area contributed by atoms with Crippen LogP contribution in [-0.4, -0.2) is 18.2 Å². The second-order valence-electron chi connectivity index (χ2n) is 4.37. The molecule has 0 spiro atoms. The van der Waals surface area contributed by atoms with Gasteiger partial charge in [-0.1, -0.05) is 18.2 Å². The van der Waals surface area contributed by atoms with Crippen LogP contribution in [0.2, 0.25) is 0 Å². The van der Waals surface area contributed by atoms with Gasteiger partial charge in [-0.25, -0.2) is 0 Å². The highest BCUT2D eigenvalue weighted by Crippen LogP contribution is 2.39. The third kappa shape index (κ3) is 1.31. The first-order chi connectivity index (χ1) is 8.93. The molecule has 0 saturated heterocycles. The molecule has 1 aromatic carbocycles. The first kappa shape index (κ1) is 9.85. The van der Waals surface area contributed by atoms with Crippen LogP contribution in [0.4, 0.5) is 5.69 Å². The molecule has 5 heteroatoms. The van der Waals surface area contributed by atoms with Crippen molar-refractivity contribution in [2.24, 2.45) is 10.2 Å². The van der Waals surface area contributed by atoms with Crippen LogP contribution in [0.15, 0.2) is 58.8 Å². The lowest BCUT2D eigenvalue weighted by atomic mass is 10.1. The van der Waals surface area contributed by atoms with Crippen LogP contribution in [0.25, 0.3) is 0 Å². The van der Waals surface area contributed by atoms with Crippen molar-refractivity contribution in [3.8, 4) is 0 Å². The zero-order valence-corrected chi connectivity index (χ0v) is 9.73. The van der Waals surface area contributed by atoms with Gasteiger partial charge in [-0.3, -0.25) is 0 Å². The van der Waals surface area contributed by atoms with Gasteiger partial charge >= 0.3 is 0 Å². The Hall–Kier alpha value is -2.14. The number of anilines is 1. The normalized spacial score (nSPS) is 24.2. The van der Waals surface area contributed by atoms with E-state index in [-0.39, 0.29) is 6.23 Å². The Balaban J connectivity index is 1.93. The van der Waals surface area contributed by atoms with Gasteiger partial charge in [-0.05, 0) is 12.1 Å². The number of ether oxygens (including phenoxy) is 1. The lowest BCUT2D eigenvalue weighted by Crippen LogP contribution is -2.24. The van der Waals surface area contributed by atoms with Gasteiger partial charge in [0.15, 0.2) is 12.0 Å². The Labute approximate surface area is 105 Å². The van der Waals surface area contributed by atoms with E-state index in [1.54, 1.807) is 0 Å². The fourth-order valence-corrected chi connectivity index (χ4v) is 2.50. The average molecular weight is 240 g/mol. The predicted molar refractivity (Wildman–Crippen MR) is 66.4 cm³/mol. The number of nitrogens with zero attached hydrogens (tertiary/aromatic N) is 4. The molecule has 90 valence electrons. The molecule has 0 saturated carbocycles. The van der Waals surface area contributed by atoms with Gasteiger partial charge in [0.05, 0.1) is 18.5 Å². The van der Waals surface area contributed by atoms with Gasteiger partial charge in [-0.2, -0.15) is 5.11 Å². The summed E-state index contributed by atoms with van der Waals surface area (Å²) in [5.74, 6) is 0.861. The number of hydrogen-bond acceptors (Lipinski definition) is 5. The molecule has 0 fully saturated rings. The molecule has 3 aliphatic rings. The lowest BCUT2D eigenvalue weighted by Gasteiger charge is -2.30. The molecule has 0 aromatic heterocycles. The summed E-state index contributed by atoms with van der Waals surface area (Å²) in [6.07, 6.45) is 5.95. The summed E-state index contributed by atoms with van der Waals surface area (Å²) in [5, 5.41) is 8.29. The van der Waals surface area contributed by atoms with Gasteiger partial charge in [0.2, 0.25) is 0 Å². The fourth-order valence-electron chi connectivity index (χ4n) is 2.50. The Morgan fingerprint density at radius 2 is 2.22 bits per heavy atom. The number of para-hydroxylation sites is 1.